The number of hydrogen-bond donors (Lipinski definition) is 2. The highest BCUT2D eigenvalue weighted by molar-refractivity contribution is 14.0. The summed E-state index contributed by atoms with van der Waals surface area (Å²) in [5.74, 6) is 1.77. The van der Waals surface area contributed by atoms with Crippen molar-refractivity contribution in [2.75, 3.05) is 38.7 Å². The van der Waals surface area contributed by atoms with E-state index in [9.17, 15) is 8.42 Å². The van der Waals surface area contributed by atoms with Crippen molar-refractivity contribution in [1.29, 1.82) is 0 Å². The van der Waals surface area contributed by atoms with Crippen molar-refractivity contribution in [3.05, 3.63) is 29.8 Å². The Balaban J connectivity index is 0.00000338. The highest BCUT2D eigenvalue weighted by Crippen LogP contribution is 2.20. The summed E-state index contributed by atoms with van der Waals surface area (Å²) in [5.41, 5.74) is 1.02. The lowest BCUT2D eigenvalue weighted by atomic mass is 10.2. The summed E-state index contributed by atoms with van der Waals surface area (Å²) >= 11 is 1.78. The van der Waals surface area contributed by atoms with Gasteiger partial charge in [0.25, 0.3) is 0 Å². The maximum Gasteiger partial charge on any atom is 0.243 e. The molecule has 1 aliphatic rings. The van der Waals surface area contributed by atoms with Gasteiger partial charge in [-0.15, -0.1) is 24.0 Å². The van der Waals surface area contributed by atoms with Crippen molar-refractivity contribution >= 4 is 51.7 Å². The summed E-state index contributed by atoms with van der Waals surface area (Å²) < 4.78 is 26.9. The number of nitrogens with one attached hydrogen (secondary N) is 2. The van der Waals surface area contributed by atoms with E-state index < -0.39 is 10.0 Å². The number of guanidine groups is 1. The number of aliphatic imine (C=N–C) groups is 1. The minimum Gasteiger partial charge on any atom is -0.356 e. The Morgan fingerprint density at radius 1 is 1.15 bits per heavy atom. The number of benzene rings is 1. The van der Waals surface area contributed by atoms with Crippen LogP contribution >= 0.6 is 35.7 Å². The summed E-state index contributed by atoms with van der Waals surface area (Å²) in [6.07, 6.45) is 5.08. The maximum absolute atomic E-state index is 12.6. The maximum atomic E-state index is 12.6. The van der Waals surface area contributed by atoms with Gasteiger partial charge in [-0.25, -0.2) is 8.42 Å². The summed E-state index contributed by atoms with van der Waals surface area (Å²) in [7, 11) is -1.62. The average molecular weight is 512 g/mol. The molecule has 2 rings (SSSR count). The largest absolute Gasteiger partial charge is 0.356 e. The molecule has 1 aliphatic heterocycles. The smallest absolute Gasteiger partial charge is 0.243 e. The van der Waals surface area contributed by atoms with Crippen molar-refractivity contribution in [2.45, 2.75) is 30.7 Å². The van der Waals surface area contributed by atoms with E-state index in [2.05, 4.69) is 21.9 Å². The van der Waals surface area contributed by atoms with Gasteiger partial charge in [0.15, 0.2) is 5.96 Å². The molecule has 6 nitrogen and oxygen atoms in total. The predicted octanol–water partition coefficient (Wildman–Crippen LogP) is 2.51. The molecule has 2 N–H and O–H groups in total. The minimum absolute atomic E-state index is 0. The Morgan fingerprint density at radius 2 is 1.81 bits per heavy atom. The molecular formula is C17H29IN4O2S2. The van der Waals surface area contributed by atoms with E-state index >= 15 is 0 Å². The number of sulfonamides is 1. The molecule has 0 atom stereocenters. The van der Waals surface area contributed by atoms with Crippen LogP contribution in [0.1, 0.15) is 24.8 Å². The fourth-order valence-electron chi connectivity index (χ4n) is 2.71. The molecule has 1 aromatic carbocycles. The first kappa shape index (κ1) is 23.5. The summed E-state index contributed by atoms with van der Waals surface area (Å²) in [6, 6.07) is 7.12. The Kier molecular flexibility index (Phi) is 10.9. The van der Waals surface area contributed by atoms with Crippen LogP contribution in [0, 0.1) is 0 Å². The second-order valence-electron chi connectivity index (χ2n) is 5.95. The minimum atomic E-state index is -3.36. The zero-order valence-electron chi connectivity index (χ0n) is 15.4. The molecule has 148 valence electrons. The lowest BCUT2D eigenvalue weighted by Gasteiger charge is -2.25. The first-order chi connectivity index (χ1) is 12.1. The zero-order chi connectivity index (χ0) is 18.1. The van der Waals surface area contributed by atoms with Gasteiger partial charge in [0, 0.05) is 39.0 Å². The normalized spacial score (nSPS) is 16.0. The number of rotatable bonds is 7. The highest BCUT2D eigenvalue weighted by atomic mass is 127. The van der Waals surface area contributed by atoms with Gasteiger partial charge < -0.3 is 10.6 Å². The van der Waals surface area contributed by atoms with E-state index in [-0.39, 0.29) is 24.0 Å². The molecule has 1 aromatic rings. The van der Waals surface area contributed by atoms with Crippen LogP contribution in [0.2, 0.25) is 0 Å². The van der Waals surface area contributed by atoms with Gasteiger partial charge in [0.1, 0.15) is 0 Å². The van der Waals surface area contributed by atoms with Crippen LogP contribution in [0.15, 0.2) is 34.2 Å². The van der Waals surface area contributed by atoms with E-state index in [0.29, 0.717) is 24.5 Å². The Morgan fingerprint density at radius 3 is 2.38 bits per heavy atom. The predicted molar refractivity (Wildman–Crippen MR) is 121 cm³/mol. The number of hydrogen-bond acceptors (Lipinski definition) is 4. The van der Waals surface area contributed by atoms with Crippen LogP contribution in [0.5, 0.6) is 0 Å². The van der Waals surface area contributed by atoms with Gasteiger partial charge in [-0.3, -0.25) is 4.99 Å². The third-order valence-electron chi connectivity index (χ3n) is 4.16. The molecular weight excluding hydrogens is 483 g/mol. The van der Waals surface area contributed by atoms with Gasteiger partial charge >= 0.3 is 0 Å². The van der Waals surface area contributed by atoms with Gasteiger partial charge in [0.05, 0.1) is 4.90 Å². The van der Waals surface area contributed by atoms with E-state index in [1.165, 1.54) is 0 Å². The van der Waals surface area contributed by atoms with Gasteiger partial charge in [-0.1, -0.05) is 18.6 Å². The molecule has 1 saturated heterocycles. The SMILES string of the molecule is CN=C(NCCSC)NCc1ccc(S(=O)(=O)N2CCCCC2)cc1.I. The molecule has 0 aromatic heterocycles. The molecule has 0 saturated carbocycles. The second-order valence-corrected chi connectivity index (χ2v) is 8.88. The van der Waals surface area contributed by atoms with E-state index in [1.807, 2.05) is 12.1 Å². The summed E-state index contributed by atoms with van der Waals surface area (Å²) in [4.78, 5) is 4.55. The fraction of sp³-hybridized carbons (Fsp3) is 0.588. The van der Waals surface area contributed by atoms with E-state index in [4.69, 9.17) is 0 Å². The molecule has 9 heteroatoms. The van der Waals surface area contributed by atoms with Gasteiger partial charge in [-0.05, 0) is 36.8 Å². The van der Waals surface area contributed by atoms with Crippen molar-refractivity contribution in [3.63, 3.8) is 0 Å². The Hall–Kier alpha value is -0.520. The Labute approximate surface area is 178 Å². The van der Waals surface area contributed by atoms with Crippen molar-refractivity contribution < 1.29 is 8.42 Å². The van der Waals surface area contributed by atoms with Crippen molar-refractivity contribution in [2.24, 2.45) is 4.99 Å². The summed E-state index contributed by atoms with van der Waals surface area (Å²) in [5, 5.41) is 6.47. The standard InChI is InChI=1S/C17H28N4O2S2.HI/c1-18-17(19-10-13-24-2)20-14-15-6-8-16(9-7-15)25(22,23)21-11-4-3-5-12-21;/h6-9H,3-5,10-14H2,1-2H3,(H2,18,19,20);1H. The first-order valence-corrected chi connectivity index (χ1v) is 11.4. The van der Waals surface area contributed by atoms with Crippen LogP contribution in [0.4, 0.5) is 0 Å². The summed E-state index contributed by atoms with van der Waals surface area (Å²) in [6.45, 7) is 2.71. The third kappa shape index (κ3) is 6.90. The lowest BCUT2D eigenvalue weighted by Crippen LogP contribution is -2.38. The van der Waals surface area contributed by atoms with E-state index in [1.54, 1.807) is 35.2 Å². The third-order valence-corrected chi connectivity index (χ3v) is 6.68. The quantitative estimate of drug-likeness (QED) is 0.254. The van der Waals surface area contributed by atoms with Crippen molar-refractivity contribution in [1.82, 2.24) is 14.9 Å². The van der Waals surface area contributed by atoms with Crippen LogP contribution in [0.25, 0.3) is 0 Å². The second kappa shape index (κ2) is 12.0. The molecule has 1 heterocycles. The van der Waals surface area contributed by atoms with Crippen LogP contribution in [-0.4, -0.2) is 57.4 Å². The number of halogens is 1. The molecule has 0 bridgehead atoms. The van der Waals surface area contributed by atoms with Crippen LogP contribution < -0.4 is 10.6 Å². The molecule has 0 amide bonds. The molecule has 0 radical (unpaired) electrons. The monoisotopic (exact) mass is 512 g/mol. The Bertz CT molecular complexity index is 660. The molecule has 0 unspecified atom stereocenters. The average Bonchev–Trinajstić information content (AvgIpc) is 2.65. The molecule has 0 aliphatic carbocycles. The lowest BCUT2D eigenvalue weighted by molar-refractivity contribution is 0.346. The first-order valence-electron chi connectivity index (χ1n) is 8.60. The van der Waals surface area contributed by atoms with Gasteiger partial charge in [-0.2, -0.15) is 16.1 Å². The molecule has 26 heavy (non-hydrogen) atoms. The fourth-order valence-corrected chi connectivity index (χ4v) is 4.53. The van der Waals surface area contributed by atoms with Gasteiger partial charge in [0.2, 0.25) is 10.0 Å². The van der Waals surface area contributed by atoms with E-state index in [0.717, 1.165) is 43.1 Å². The topological polar surface area (TPSA) is 73.8 Å². The van der Waals surface area contributed by atoms with Crippen LogP contribution in [-0.2, 0) is 16.6 Å². The zero-order valence-corrected chi connectivity index (χ0v) is 19.4. The van der Waals surface area contributed by atoms with Crippen LogP contribution in [0.3, 0.4) is 0 Å². The highest BCUT2D eigenvalue weighted by Gasteiger charge is 2.25. The molecule has 0 spiro atoms. The van der Waals surface area contributed by atoms with Crippen molar-refractivity contribution in [3.8, 4) is 0 Å². The number of piperidine rings is 1. The molecule has 1 fully saturated rings. The number of thioether (sulfide) groups is 1. The number of nitrogens with zero attached hydrogens (tertiary/aromatic N) is 2.